The zero-order valence-corrected chi connectivity index (χ0v) is 9.81. The second kappa shape index (κ2) is 5.41. The lowest BCUT2D eigenvalue weighted by atomic mass is 9.99. The molecule has 1 N–H and O–H groups in total. The zero-order valence-electron chi connectivity index (χ0n) is 9.00. The molecule has 0 bridgehead atoms. The minimum atomic E-state index is -0.484. The van der Waals surface area contributed by atoms with Crippen LogP contribution in [0.3, 0.4) is 0 Å². The maximum Gasteiger partial charge on any atom is 0.236 e. The summed E-state index contributed by atoms with van der Waals surface area (Å²) in [4.78, 5) is 12.5. The fourth-order valence-electron chi connectivity index (χ4n) is 1.56. The lowest BCUT2D eigenvalue weighted by Gasteiger charge is -2.13. The van der Waals surface area contributed by atoms with E-state index in [-0.39, 0.29) is 5.91 Å². The molecular weight excluding hydrogens is 234 g/mol. The summed E-state index contributed by atoms with van der Waals surface area (Å²) in [5.74, 6) is -0.669. The topological polar surface area (TPSA) is 46.2 Å². The third-order valence-corrected chi connectivity index (χ3v) is 2.98. The molecule has 1 aliphatic rings. The maximum atomic E-state index is 12.0. The van der Waals surface area contributed by atoms with Crippen LogP contribution in [0.4, 0.5) is 5.69 Å². The summed E-state index contributed by atoms with van der Waals surface area (Å²) in [6, 6.07) is 9.19. The highest BCUT2D eigenvalue weighted by molar-refractivity contribution is 7.67. The average molecular weight is 245 g/mol. The van der Waals surface area contributed by atoms with E-state index < -0.39 is 5.92 Å². The fourth-order valence-corrected chi connectivity index (χ4v) is 1.99. The molecule has 86 valence electrons. The van der Waals surface area contributed by atoms with Gasteiger partial charge in [-0.05, 0) is 18.2 Å². The number of hydrogen-bond donors (Lipinski definition) is 1. The molecule has 0 radical (unpaired) electrons. The number of carbonyl (C=O) groups is 1. The normalized spacial score (nSPS) is 17.9. The monoisotopic (exact) mass is 245 g/mol. The van der Waals surface area contributed by atoms with E-state index in [1.165, 1.54) is 0 Å². The van der Waals surface area contributed by atoms with Crippen LogP contribution in [0.15, 0.2) is 54.6 Å². The van der Waals surface area contributed by atoms with Crippen molar-refractivity contribution >= 4 is 27.7 Å². The minimum Gasteiger partial charge on any atom is -0.325 e. The van der Waals surface area contributed by atoms with Gasteiger partial charge in [0, 0.05) is 5.69 Å². The Kier molecular flexibility index (Phi) is 3.67. The summed E-state index contributed by atoms with van der Waals surface area (Å²) in [6.45, 7) is 0. The third-order valence-electron chi connectivity index (χ3n) is 2.40. The number of anilines is 1. The molecule has 0 spiro atoms. The number of benzene rings is 1. The molecule has 1 amide bonds. The summed E-state index contributed by atoms with van der Waals surface area (Å²) in [6.07, 6.45) is 6.92. The van der Waals surface area contributed by atoms with Gasteiger partial charge in [0.05, 0.1) is 22.0 Å². The van der Waals surface area contributed by atoms with Crippen LogP contribution in [0.25, 0.3) is 0 Å². The van der Waals surface area contributed by atoms with Gasteiger partial charge < -0.3 is 5.32 Å². The molecule has 2 rings (SSSR count). The van der Waals surface area contributed by atoms with Crippen molar-refractivity contribution in [2.45, 2.75) is 0 Å². The number of rotatable bonds is 2. The Balaban J connectivity index is 2.13. The first-order valence-electron chi connectivity index (χ1n) is 5.18. The highest BCUT2D eigenvalue weighted by atomic mass is 32.1. The molecule has 1 aromatic rings. The van der Waals surface area contributed by atoms with Crippen LogP contribution in [-0.4, -0.2) is 15.0 Å². The molecule has 0 saturated carbocycles. The van der Waals surface area contributed by atoms with E-state index in [1.54, 1.807) is 24.3 Å². The van der Waals surface area contributed by atoms with Gasteiger partial charge >= 0.3 is 0 Å². The Morgan fingerprint density at radius 2 is 1.94 bits per heavy atom. The molecule has 1 aromatic carbocycles. The number of hydrogen-bond acceptors (Lipinski definition) is 2. The van der Waals surface area contributed by atoms with Gasteiger partial charge in [-0.2, -0.15) is 0 Å². The quantitative estimate of drug-likeness (QED) is 0.807. The van der Waals surface area contributed by atoms with Crippen molar-refractivity contribution in [3.05, 3.63) is 54.6 Å². The standard InChI is InChI=1S/C13H11NO2S/c15-13(14-10-6-2-1-3-7-10)11-8-4-5-9-12(11)17-16/h1-9,11H,(H,14,15). The summed E-state index contributed by atoms with van der Waals surface area (Å²) < 4.78 is 10.9. The first-order chi connectivity index (χ1) is 8.31. The first kappa shape index (κ1) is 11.5. The molecule has 0 aliphatic heterocycles. The molecule has 0 fully saturated rings. The van der Waals surface area contributed by atoms with Crippen LogP contribution in [0.2, 0.25) is 0 Å². The van der Waals surface area contributed by atoms with Crippen LogP contribution < -0.4 is 5.32 Å². The SMILES string of the molecule is O=S=C1C=CC=CC1C(=O)Nc1ccccc1. The van der Waals surface area contributed by atoms with Gasteiger partial charge in [0.1, 0.15) is 0 Å². The van der Waals surface area contributed by atoms with E-state index in [2.05, 4.69) is 5.32 Å². The third kappa shape index (κ3) is 2.79. The Bertz CT molecular complexity index is 528. The Hall–Kier alpha value is -1.94. The molecule has 0 saturated heterocycles. The van der Waals surface area contributed by atoms with Crippen LogP contribution in [0.1, 0.15) is 0 Å². The summed E-state index contributed by atoms with van der Waals surface area (Å²) in [5, 5.41) is 2.78. The van der Waals surface area contributed by atoms with Crippen LogP contribution in [0.5, 0.6) is 0 Å². The molecular formula is C13H11NO2S. The van der Waals surface area contributed by atoms with E-state index in [1.807, 2.05) is 30.3 Å². The van der Waals surface area contributed by atoms with Gasteiger partial charge in [-0.1, -0.05) is 36.4 Å². The number of carbonyl (C=O) groups excluding carboxylic acids is 1. The van der Waals surface area contributed by atoms with Crippen LogP contribution >= 0.6 is 0 Å². The molecule has 4 heteroatoms. The molecule has 3 nitrogen and oxygen atoms in total. The summed E-state index contributed by atoms with van der Waals surface area (Å²) in [7, 11) is 0. The predicted molar refractivity (Wildman–Crippen MR) is 70.0 cm³/mol. The van der Waals surface area contributed by atoms with Crippen molar-refractivity contribution in [2.75, 3.05) is 5.32 Å². The van der Waals surface area contributed by atoms with Crippen LogP contribution in [0, 0.1) is 5.92 Å². The van der Waals surface area contributed by atoms with Crippen molar-refractivity contribution in [1.29, 1.82) is 0 Å². The molecule has 1 atom stereocenters. The Labute approximate surface area is 103 Å². The predicted octanol–water partition coefficient (Wildman–Crippen LogP) is 1.75. The van der Waals surface area contributed by atoms with E-state index in [4.69, 9.17) is 0 Å². The van der Waals surface area contributed by atoms with Crippen molar-refractivity contribution in [3.8, 4) is 0 Å². The van der Waals surface area contributed by atoms with Gasteiger partial charge in [-0.15, -0.1) is 0 Å². The van der Waals surface area contributed by atoms with E-state index in [9.17, 15) is 9.00 Å². The largest absolute Gasteiger partial charge is 0.325 e. The highest BCUT2D eigenvalue weighted by Gasteiger charge is 2.21. The number of allylic oxidation sites excluding steroid dienone is 3. The van der Waals surface area contributed by atoms with Gasteiger partial charge in [0.2, 0.25) is 5.91 Å². The van der Waals surface area contributed by atoms with E-state index in [0.29, 0.717) is 16.1 Å². The van der Waals surface area contributed by atoms with Gasteiger partial charge in [-0.25, -0.2) is 4.21 Å². The van der Waals surface area contributed by atoms with Gasteiger partial charge in [0.15, 0.2) is 0 Å². The van der Waals surface area contributed by atoms with Crippen LogP contribution in [-0.2, 0) is 16.1 Å². The average Bonchev–Trinajstić information content (AvgIpc) is 2.40. The molecule has 0 aromatic heterocycles. The van der Waals surface area contributed by atoms with Crippen molar-refractivity contribution < 1.29 is 9.00 Å². The lowest BCUT2D eigenvalue weighted by molar-refractivity contribution is -0.116. The molecule has 0 heterocycles. The molecule has 17 heavy (non-hydrogen) atoms. The van der Waals surface area contributed by atoms with Gasteiger partial charge in [0.25, 0.3) is 0 Å². The Morgan fingerprint density at radius 1 is 1.18 bits per heavy atom. The smallest absolute Gasteiger partial charge is 0.236 e. The second-order valence-electron chi connectivity index (χ2n) is 3.56. The van der Waals surface area contributed by atoms with E-state index >= 15 is 0 Å². The Morgan fingerprint density at radius 3 is 2.65 bits per heavy atom. The summed E-state index contributed by atoms with van der Waals surface area (Å²) in [5.41, 5.74) is 0.732. The maximum absolute atomic E-state index is 12.0. The summed E-state index contributed by atoms with van der Waals surface area (Å²) >= 11 is 0.361. The van der Waals surface area contributed by atoms with Crippen molar-refractivity contribution in [2.24, 2.45) is 5.92 Å². The number of amides is 1. The number of para-hydroxylation sites is 1. The van der Waals surface area contributed by atoms with Crippen molar-refractivity contribution in [3.63, 3.8) is 0 Å². The van der Waals surface area contributed by atoms with Gasteiger partial charge in [-0.3, -0.25) is 4.79 Å². The number of nitrogens with one attached hydrogen (secondary N) is 1. The molecule has 1 aliphatic carbocycles. The van der Waals surface area contributed by atoms with E-state index in [0.717, 1.165) is 5.69 Å². The fraction of sp³-hybridized carbons (Fsp3) is 0.0769. The zero-order chi connectivity index (χ0) is 12.1. The highest BCUT2D eigenvalue weighted by Crippen LogP contribution is 2.13. The minimum absolute atomic E-state index is 0.185. The second-order valence-corrected chi connectivity index (χ2v) is 4.20. The molecule has 1 unspecified atom stereocenters. The lowest BCUT2D eigenvalue weighted by Crippen LogP contribution is -2.28. The van der Waals surface area contributed by atoms with Crippen molar-refractivity contribution in [1.82, 2.24) is 0 Å². The first-order valence-corrected chi connectivity index (χ1v) is 5.93.